The van der Waals surface area contributed by atoms with Crippen LogP contribution in [0.3, 0.4) is 0 Å². The first kappa shape index (κ1) is 16.0. The Hall–Kier alpha value is -1.02. The van der Waals surface area contributed by atoms with Crippen molar-refractivity contribution in [3.8, 4) is 0 Å². The number of rotatable bonds is 4. The number of halogens is 3. The summed E-state index contributed by atoms with van der Waals surface area (Å²) in [5.41, 5.74) is 5.11. The van der Waals surface area contributed by atoms with E-state index in [1.807, 2.05) is 0 Å². The van der Waals surface area contributed by atoms with Crippen LogP contribution in [0.4, 0.5) is 13.2 Å². The van der Waals surface area contributed by atoms with Crippen LogP contribution in [-0.2, 0) is 0 Å². The lowest BCUT2D eigenvalue weighted by Crippen LogP contribution is -2.50. The average molecular weight is 283 g/mol. The zero-order chi connectivity index (χ0) is 14.6. The van der Waals surface area contributed by atoms with Gasteiger partial charge in [0.1, 0.15) is 5.92 Å². The summed E-state index contributed by atoms with van der Waals surface area (Å²) in [6.07, 6.45) is -2.20. The number of aliphatic hydroxyl groups excluding tert-OH is 1. The second kappa shape index (κ2) is 6.42. The molecule has 3 atom stereocenters. The van der Waals surface area contributed by atoms with E-state index in [-0.39, 0.29) is 6.04 Å². The number of likely N-dealkylation sites (N-methyl/N-ethyl adjacent to an activating group) is 1. The molecule has 0 aromatic heterocycles. The molecule has 3 unspecified atom stereocenters. The summed E-state index contributed by atoms with van der Waals surface area (Å²) in [6, 6.07) is -0.315. The number of nitrogens with zero attached hydrogens (tertiary/aromatic N) is 2. The third kappa shape index (κ3) is 4.24. The largest absolute Gasteiger partial charge is 0.409 e. The maximum absolute atomic E-state index is 12.8. The minimum atomic E-state index is -4.58. The number of amidine groups is 1. The highest BCUT2D eigenvalue weighted by atomic mass is 19.4. The predicted octanol–water partition coefficient (Wildman–Crippen LogP) is 1.15. The molecule has 4 N–H and O–H groups in total. The Morgan fingerprint density at radius 3 is 2.47 bits per heavy atom. The van der Waals surface area contributed by atoms with Crippen LogP contribution < -0.4 is 5.73 Å². The summed E-state index contributed by atoms with van der Waals surface area (Å²) in [4.78, 5) is 1.44. The average Bonchev–Trinajstić information content (AvgIpc) is 2.34. The van der Waals surface area contributed by atoms with Gasteiger partial charge in [-0.1, -0.05) is 18.0 Å². The van der Waals surface area contributed by atoms with E-state index in [9.17, 15) is 18.3 Å². The number of hydrogen-bond acceptors (Lipinski definition) is 4. The van der Waals surface area contributed by atoms with Crippen molar-refractivity contribution in [2.24, 2.45) is 16.8 Å². The fourth-order valence-electron chi connectivity index (χ4n) is 2.46. The minimum absolute atomic E-state index is 0.315. The van der Waals surface area contributed by atoms with Crippen molar-refractivity contribution in [2.45, 2.75) is 44.0 Å². The molecule has 0 amide bonds. The fraction of sp³-hybridized carbons (Fsp3) is 0.909. The molecule has 0 saturated heterocycles. The number of alkyl halides is 3. The van der Waals surface area contributed by atoms with Crippen molar-refractivity contribution >= 4 is 5.84 Å². The third-order valence-electron chi connectivity index (χ3n) is 3.60. The van der Waals surface area contributed by atoms with Gasteiger partial charge >= 0.3 is 6.18 Å². The standard InChI is InChI=1S/C11H20F3N3O2/c1-17(8-4-2-3-5-9(8)18)6-7(10(15)16-19)11(12,13)14/h7-9,18-19H,2-6H2,1H3,(H2,15,16). The summed E-state index contributed by atoms with van der Waals surface area (Å²) in [6.45, 7) is -0.429. The van der Waals surface area contributed by atoms with Gasteiger partial charge in [0.15, 0.2) is 5.84 Å². The van der Waals surface area contributed by atoms with Gasteiger partial charge in [-0.05, 0) is 19.9 Å². The molecule has 0 aromatic rings. The van der Waals surface area contributed by atoms with Crippen LogP contribution in [0.15, 0.2) is 5.16 Å². The molecule has 0 aliphatic heterocycles. The van der Waals surface area contributed by atoms with E-state index in [1.165, 1.54) is 11.9 Å². The SMILES string of the molecule is CN(CC(C(N)=NO)C(F)(F)F)C1CCCCC1O. The topological polar surface area (TPSA) is 82.1 Å². The van der Waals surface area contributed by atoms with Gasteiger partial charge in [0, 0.05) is 12.6 Å². The number of hydrogen-bond donors (Lipinski definition) is 3. The Kier molecular flexibility index (Phi) is 5.42. The first-order chi connectivity index (χ1) is 8.77. The van der Waals surface area contributed by atoms with Gasteiger partial charge in [-0.25, -0.2) is 0 Å². The zero-order valence-electron chi connectivity index (χ0n) is 10.8. The molecule has 1 rings (SSSR count). The van der Waals surface area contributed by atoms with Crippen LogP contribution in [-0.4, -0.2) is 53.0 Å². The quantitative estimate of drug-likeness (QED) is 0.313. The Morgan fingerprint density at radius 1 is 1.42 bits per heavy atom. The fourth-order valence-corrected chi connectivity index (χ4v) is 2.46. The second-order valence-corrected chi connectivity index (χ2v) is 4.98. The van der Waals surface area contributed by atoms with Crippen molar-refractivity contribution in [1.29, 1.82) is 0 Å². The Labute approximate surface area is 109 Å². The normalized spacial score (nSPS) is 27.6. The molecule has 1 aliphatic carbocycles. The highest BCUT2D eigenvalue weighted by Crippen LogP contribution is 2.29. The summed E-state index contributed by atoms with van der Waals surface area (Å²) in [5.74, 6) is -2.89. The maximum atomic E-state index is 12.8. The molecule has 112 valence electrons. The van der Waals surface area contributed by atoms with Crippen LogP contribution in [0.1, 0.15) is 25.7 Å². The molecule has 19 heavy (non-hydrogen) atoms. The van der Waals surface area contributed by atoms with E-state index in [0.29, 0.717) is 12.8 Å². The first-order valence-electron chi connectivity index (χ1n) is 6.19. The molecule has 0 radical (unpaired) electrons. The van der Waals surface area contributed by atoms with Crippen molar-refractivity contribution in [3.63, 3.8) is 0 Å². The molecular formula is C11H20F3N3O2. The predicted molar refractivity (Wildman–Crippen MR) is 63.8 cm³/mol. The zero-order valence-corrected chi connectivity index (χ0v) is 10.8. The Morgan fingerprint density at radius 2 is 2.00 bits per heavy atom. The molecule has 5 nitrogen and oxygen atoms in total. The molecule has 0 heterocycles. The minimum Gasteiger partial charge on any atom is -0.409 e. The monoisotopic (exact) mass is 283 g/mol. The van der Waals surface area contributed by atoms with Gasteiger partial charge in [-0.15, -0.1) is 0 Å². The lowest BCUT2D eigenvalue weighted by molar-refractivity contribution is -0.162. The van der Waals surface area contributed by atoms with Crippen LogP contribution >= 0.6 is 0 Å². The summed E-state index contributed by atoms with van der Waals surface area (Å²) in [7, 11) is 1.52. The van der Waals surface area contributed by atoms with Crippen molar-refractivity contribution in [3.05, 3.63) is 0 Å². The highest BCUT2D eigenvalue weighted by Gasteiger charge is 2.44. The molecular weight excluding hydrogens is 263 g/mol. The molecule has 0 spiro atoms. The molecule has 1 aliphatic rings. The van der Waals surface area contributed by atoms with E-state index in [2.05, 4.69) is 5.16 Å². The number of nitrogens with two attached hydrogens (primary N) is 1. The summed E-state index contributed by atoms with van der Waals surface area (Å²) >= 11 is 0. The summed E-state index contributed by atoms with van der Waals surface area (Å²) < 4.78 is 38.5. The third-order valence-corrected chi connectivity index (χ3v) is 3.60. The van der Waals surface area contributed by atoms with Gasteiger partial charge in [-0.3, -0.25) is 4.90 Å². The van der Waals surface area contributed by atoms with Gasteiger partial charge in [0.25, 0.3) is 0 Å². The van der Waals surface area contributed by atoms with Gasteiger partial charge in [0.05, 0.1) is 6.10 Å². The molecule has 0 bridgehead atoms. The highest BCUT2D eigenvalue weighted by molar-refractivity contribution is 5.83. The second-order valence-electron chi connectivity index (χ2n) is 4.98. The van der Waals surface area contributed by atoms with E-state index >= 15 is 0 Å². The molecule has 0 aromatic carbocycles. The Bertz CT molecular complexity index is 323. The van der Waals surface area contributed by atoms with Crippen molar-refractivity contribution in [2.75, 3.05) is 13.6 Å². The van der Waals surface area contributed by atoms with Crippen molar-refractivity contribution < 1.29 is 23.5 Å². The van der Waals surface area contributed by atoms with E-state index in [4.69, 9.17) is 10.9 Å². The molecule has 1 saturated carbocycles. The Balaban J connectivity index is 2.73. The number of oxime groups is 1. The van der Waals surface area contributed by atoms with E-state index in [0.717, 1.165) is 12.8 Å². The van der Waals surface area contributed by atoms with Gasteiger partial charge in [-0.2, -0.15) is 13.2 Å². The van der Waals surface area contributed by atoms with E-state index < -0.39 is 30.6 Å². The van der Waals surface area contributed by atoms with Crippen LogP contribution in [0, 0.1) is 5.92 Å². The summed E-state index contributed by atoms with van der Waals surface area (Å²) in [5, 5.41) is 20.7. The maximum Gasteiger partial charge on any atom is 0.400 e. The van der Waals surface area contributed by atoms with E-state index in [1.54, 1.807) is 0 Å². The lowest BCUT2D eigenvalue weighted by Gasteiger charge is -2.37. The van der Waals surface area contributed by atoms with Crippen LogP contribution in [0.2, 0.25) is 0 Å². The lowest BCUT2D eigenvalue weighted by atomic mass is 9.91. The van der Waals surface area contributed by atoms with Crippen LogP contribution in [0.5, 0.6) is 0 Å². The van der Waals surface area contributed by atoms with Crippen LogP contribution in [0.25, 0.3) is 0 Å². The van der Waals surface area contributed by atoms with Gasteiger partial charge in [0.2, 0.25) is 0 Å². The number of aliphatic hydroxyl groups is 1. The molecule has 8 heteroatoms. The smallest absolute Gasteiger partial charge is 0.400 e. The van der Waals surface area contributed by atoms with Crippen molar-refractivity contribution in [1.82, 2.24) is 4.90 Å². The first-order valence-corrected chi connectivity index (χ1v) is 6.19. The van der Waals surface area contributed by atoms with Gasteiger partial charge < -0.3 is 16.0 Å². The molecule has 1 fully saturated rings.